The minimum absolute atomic E-state index is 0.0163. The van der Waals surface area contributed by atoms with Gasteiger partial charge in [-0.15, -0.1) is 0 Å². The van der Waals surface area contributed by atoms with E-state index < -0.39 is 12.1 Å². The van der Waals surface area contributed by atoms with Gasteiger partial charge in [-0.2, -0.15) is 5.10 Å². The number of hydrogen-bond donors (Lipinski definition) is 2. The fraction of sp³-hybridized carbons (Fsp3) is 0.280. The van der Waals surface area contributed by atoms with Crippen molar-refractivity contribution in [1.29, 1.82) is 0 Å². The third-order valence-electron chi connectivity index (χ3n) is 5.90. The van der Waals surface area contributed by atoms with Crippen molar-refractivity contribution in [3.8, 4) is 11.1 Å². The van der Waals surface area contributed by atoms with Gasteiger partial charge in [0, 0.05) is 39.0 Å². The molecule has 2 aromatic carbocycles. The van der Waals surface area contributed by atoms with Crippen molar-refractivity contribution in [1.82, 2.24) is 14.7 Å². The van der Waals surface area contributed by atoms with E-state index in [1.54, 1.807) is 14.1 Å². The van der Waals surface area contributed by atoms with E-state index >= 15 is 0 Å². The molecule has 2 N–H and O–H groups in total. The van der Waals surface area contributed by atoms with Crippen molar-refractivity contribution in [2.75, 3.05) is 25.5 Å². The van der Waals surface area contributed by atoms with E-state index in [9.17, 15) is 14.4 Å². The Balaban J connectivity index is 1.37. The first-order valence-electron chi connectivity index (χ1n) is 11.0. The summed E-state index contributed by atoms with van der Waals surface area (Å²) in [5, 5.41) is 15.5. The number of aromatic nitrogens is 2. The number of rotatable bonds is 8. The molecule has 2 amide bonds. The first-order valence-corrected chi connectivity index (χ1v) is 11.0. The highest BCUT2D eigenvalue weighted by molar-refractivity contribution is 5.94. The SMILES string of the molecule is CN(CCCC(=O)O)C(=O)c1cc(NC(=O)OCC2c3ccccc3-c3ccccc32)nn1C. The third-order valence-corrected chi connectivity index (χ3v) is 5.90. The summed E-state index contributed by atoms with van der Waals surface area (Å²) in [5.41, 5.74) is 4.80. The molecule has 9 nitrogen and oxygen atoms in total. The monoisotopic (exact) mass is 462 g/mol. The number of carbonyl (C=O) groups excluding carboxylic acids is 2. The van der Waals surface area contributed by atoms with E-state index in [1.165, 1.54) is 15.6 Å². The number of benzene rings is 2. The van der Waals surface area contributed by atoms with Gasteiger partial charge in [0.1, 0.15) is 12.3 Å². The maximum atomic E-state index is 12.6. The fourth-order valence-electron chi connectivity index (χ4n) is 4.23. The van der Waals surface area contributed by atoms with E-state index in [-0.39, 0.29) is 36.4 Å². The van der Waals surface area contributed by atoms with Gasteiger partial charge in [-0.3, -0.25) is 19.6 Å². The molecule has 1 aromatic heterocycles. The van der Waals surface area contributed by atoms with Crippen LogP contribution in [-0.4, -0.2) is 58.0 Å². The van der Waals surface area contributed by atoms with Crippen molar-refractivity contribution in [3.05, 3.63) is 71.4 Å². The predicted octanol–water partition coefficient (Wildman–Crippen LogP) is 3.72. The Bertz CT molecular complexity index is 1190. The maximum absolute atomic E-state index is 12.6. The van der Waals surface area contributed by atoms with Crippen LogP contribution in [0, 0.1) is 0 Å². The molecule has 1 aliphatic rings. The summed E-state index contributed by atoms with van der Waals surface area (Å²) in [5.74, 6) is -1.09. The van der Waals surface area contributed by atoms with Crippen LogP contribution in [0.25, 0.3) is 11.1 Å². The van der Waals surface area contributed by atoms with Gasteiger partial charge in [0.05, 0.1) is 0 Å². The van der Waals surface area contributed by atoms with Gasteiger partial charge >= 0.3 is 12.1 Å². The lowest BCUT2D eigenvalue weighted by molar-refractivity contribution is -0.137. The normalized spacial score (nSPS) is 12.1. The number of amides is 2. The van der Waals surface area contributed by atoms with Crippen LogP contribution in [0.3, 0.4) is 0 Å². The molecule has 0 saturated heterocycles. The summed E-state index contributed by atoms with van der Waals surface area (Å²) in [4.78, 5) is 37.2. The van der Waals surface area contributed by atoms with E-state index in [2.05, 4.69) is 22.5 Å². The van der Waals surface area contributed by atoms with E-state index in [4.69, 9.17) is 9.84 Å². The van der Waals surface area contributed by atoms with Crippen molar-refractivity contribution in [2.45, 2.75) is 18.8 Å². The fourth-order valence-corrected chi connectivity index (χ4v) is 4.23. The zero-order valence-electron chi connectivity index (χ0n) is 19.0. The molecule has 0 aliphatic heterocycles. The first kappa shape index (κ1) is 23.0. The molecule has 3 aromatic rings. The molecule has 176 valence electrons. The Hall–Kier alpha value is -4.14. The quantitative estimate of drug-likeness (QED) is 0.527. The van der Waals surface area contributed by atoms with Gasteiger partial charge in [-0.1, -0.05) is 48.5 Å². The number of nitrogens with one attached hydrogen (secondary N) is 1. The van der Waals surface area contributed by atoms with Gasteiger partial charge in [0.15, 0.2) is 5.82 Å². The molecule has 0 atom stereocenters. The average molecular weight is 463 g/mol. The molecule has 0 unspecified atom stereocenters. The predicted molar refractivity (Wildman–Crippen MR) is 126 cm³/mol. The molecule has 1 aliphatic carbocycles. The van der Waals surface area contributed by atoms with Gasteiger partial charge in [0.2, 0.25) is 0 Å². The second-order valence-corrected chi connectivity index (χ2v) is 8.21. The summed E-state index contributed by atoms with van der Waals surface area (Å²) in [7, 11) is 3.19. The van der Waals surface area contributed by atoms with Gasteiger partial charge in [-0.05, 0) is 28.7 Å². The van der Waals surface area contributed by atoms with Crippen LogP contribution in [0.15, 0.2) is 54.6 Å². The smallest absolute Gasteiger partial charge is 0.412 e. The third kappa shape index (κ3) is 4.78. The summed E-state index contributed by atoms with van der Waals surface area (Å²) in [6.07, 6.45) is -0.327. The number of nitrogens with zero attached hydrogens (tertiary/aromatic N) is 3. The summed E-state index contributed by atoms with van der Waals surface area (Å²) < 4.78 is 6.90. The number of ether oxygens (including phenoxy) is 1. The largest absolute Gasteiger partial charge is 0.481 e. The lowest BCUT2D eigenvalue weighted by atomic mass is 9.98. The second kappa shape index (κ2) is 9.78. The lowest BCUT2D eigenvalue weighted by Crippen LogP contribution is -2.29. The summed E-state index contributed by atoms with van der Waals surface area (Å²) in [6.45, 7) is 0.469. The Morgan fingerprint density at radius 1 is 1.09 bits per heavy atom. The number of carbonyl (C=O) groups is 3. The number of aryl methyl sites for hydroxylation is 1. The number of aliphatic carboxylic acids is 1. The van der Waals surface area contributed by atoms with E-state index in [0.717, 1.165) is 22.3 Å². The maximum Gasteiger partial charge on any atom is 0.412 e. The van der Waals surface area contributed by atoms with Crippen molar-refractivity contribution in [2.24, 2.45) is 7.05 Å². The van der Waals surface area contributed by atoms with Crippen LogP contribution in [0.1, 0.15) is 40.4 Å². The lowest BCUT2D eigenvalue weighted by Gasteiger charge is -2.16. The highest BCUT2D eigenvalue weighted by Gasteiger charge is 2.29. The van der Waals surface area contributed by atoms with Crippen molar-refractivity contribution in [3.63, 3.8) is 0 Å². The molecule has 0 spiro atoms. The molecular formula is C25H26N4O5. The van der Waals surface area contributed by atoms with Crippen LogP contribution in [0.2, 0.25) is 0 Å². The van der Waals surface area contributed by atoms with Crippen LogP contribution in [0.4, 0.5) is 10.6 Å². The van der Waals surface area contributed by atoms with Crippen LogP contribution in [0.5, 0.6) is 0 Å². The highest BCUT2D eigenvalue weighted by Crippen LogP contribution is 2.44. The minimum Gasteiger partial charge on any atom is -0.481 e. The standard InChI is InChI=1S/C25H26N4O5/c1-28(13-7-12-23(30)31)24(32)21-14-22(27-29(21)2)26-25(33)34-15-20-18-10-5-3-8-16(18)17-9-4-6-11-19(17)20/h3-6,8-11,14,20H,7,12-13,15H2,1-2H3,(H,30,31)(H,26,27,33). The topological polar surface area (TPSA) is 114 Å². The van der Waals surface area contributed by atoms with Gasteiger partial charge in [-0.25, -0.2) is 4.79 Å². The Morgan fingerprint density at radius 3 is 2.32 bits per heavy atom. The summed E-state index contributed by atoms with van der Waals surface area (Å²) in [6, 6.07) is 17.6. The molecule has 0 saturated carbocycles. The number of hydrogen-bond acceptors (Lipinski definition) is 5. The number of fused-ring (bicyclic) bond motifs is 3. The molecule has 1 heterocycles. The average Bonchev–Trinajstić information content (AvgIpc) is 3.34. The molecule has 4 rings (SSSR count). The van der Waals surface area contributed by atoms with Gasteiger partial charge in [0.25, 0.3) is 5.91 Å². The van der Waals surface area contributed by atoms with E-state index in [1.807, 2.05) is 36.4 Å². The van der Waals surface area contributed by atoms with Crippen molar-refractivity contribution >= 4 is 23.8 Å². The second-order valence-electron chi connectivity index (χ2n) is 8.21. The summed E-state index contributed by atoms with van der Waals surface area (Å²) >= 11 is 0. The minimum atomic E-state index is -0.907. The van der Waals surface area contributed by atoms with Crippen LogP contribution >= 0.6 is 0 Å². The zero-order chi connectivity index (χ0) is 24.2. The zero-order valence-corrected chi connectivity index (χ0v) is 19.0. The number of carboxylic acid groups (broad SMARTS) is 1. The van der Waals surface area contributed by atoms with E-state index in [0.29, 0.717) is 13.0 Å². The Morgan fingerprint density at radius 2 is 1.71 bits per heavy atom. The van der Waals surface area contributed by atoms with Crippen molar-refractivity contribution < 1.29 is 24.2 Å². The molecule has 9 heteroatoms. The molecule has 0 bridgehead atoms. The number of carboxylic acids is 1. The highest BCUT2D eigenvalue weighted by atomic mass is 16.5. The van der Waals surface area contributed by atoms with Crippen LogP contribution < -0.4 is 5.32 Å². The Kier molecular flexibility index (Phi) is 6.62. The van der Waals surface area contributed by atoms with Gasteiger partial charge < -0.3 is 14.7 Å². The molecule has 34 heavy (non-hydrogen) atoms. The van der Waals surface area contributed by atoms with Crippen LogP contribution in [-0.2, 0) is 16.6 Å². The number of anilines is 1. The molecule has 0 fully saturated rings. The molecular weight excluding hydrogens is 436 g/mol. The molecule has 0 radical (unpaired) electrons. The Labute approximate surface area is 196 Å². The first-order chi connectivity index (χ1) is 16.3.